The van der Waals surface area contributed by atoms with Crippen molar-refractivity contribution < 1.29 is 9.59 Å². The molecule has 0 amide bonds. The second kappa shape index (κ2) is 5.56. The number of hydrogen-bond donors (Lipinski definition) is 0. The number of ketones is 2. The van der Waals surface area contributed by atoms with Crippen LogP contribution in [0.5, 0.6) is 0 Å². The van der Waals surface area contributed by atoms with Gasteiger partial charge in [-0.25, -0.2) is 0 Å². The summed E-state index contributed by atoms with van der Waals surface area (Å²) in [5, 5.41) is 0. The van der Waals surface area contributed by atoms with Crippen molar-refractivity contribution in [3.05, 3.63) is 23.8 Å². The highest BCUT2D eigenvalue weighted by molar-refractivity contribution is 6.28. The average Bonchev–Trinajstić information content (AvgIpc) is 2.92. The maximum absolute atomic E-state index is 12.4. The van der Waals surface area contributed by atoms with Crippen molar-refractivity contribution in [2.45, 2.75) is 52.4 Å². The maximum atomic E-state index is 12.4. The van der Waals surface area contributed by atoms with Crippen LogP contribution in [0.15, 0.2) is 23.8 Å². The summed E-state index contributed by atoms with van der Waals surface area (Å²) in [4.78, 5) is 24.2. The van der Waals surface area contributed by atoms with Gasteiger partial charge in [-0.2, -0.15) is 0 Å². The Labute approximate surface area is 149 Å². The van der Waals surface area contributed by atoms with E-state index in [2.05, 4.69) is 26.0 Å². The molecule has 0 spiro atoms. The molecular weight excluding hydrogens is 320 g/mol. The summed E-state index contributed by atoms with van der Waals surface area (Å²) in [6.45, 7) is 4.70. The van der Waals surface area contributed by atoms with Gasteiger partial charge >= 0.3 is 0 Å². The molecule has 24 heavy (non-hydrogen) atoms. The van der Waals surface area contributed by atoms with E-state index in [9.17, 15) is 9.59 Å². The molecule has 4 rings (SSSR count). The topological polar surface area (TPSA) is 34.1 Å². The van der Waals surface area contributed by atoms with Gasteiger partial charge in [0.05, 0.1) is 5.88 Å². The van der Waals surface area contributed by atoms with Gasteiger partial charge in [0.15, 0.2) is 11.6 Å². The lowest BCUT2D eigenvalue weighted by Gasteiger charge is -2.55. The Bertz CT molecular complexity index is 648. The molecular formula is C21H27ClO2. The number of Topliss-reactive ketones (excluding diaryl/α,β-unsaturated/α-hetero) is 1. The zero-order chi connectivity index (χ0) is 17.1. The van der Waals surface area contributed by atoms with Crippen LogP contribution in [0.25, 0.3) is 0 Å². The minimum atomic E-state index is 0.111. The van der Waals surface area contributed by atoms with Gasteiger partial charge in [0.25, 0.3) is 0 Å². The fourth-order valence-corrected chi connectivity index (χ4v) is 6.81. The minimum absolute atomic E-state index is 0.111. The number of carbonyl (C=O) groups excluding carboxylic acids is 2. The van der Waals surface area contributed by atoms with E-state index in [1.165, 1.54) is 5.57 Å². The molecule has 0 aliphatic heterocycles. The van der Waals surface area contributed by atoms with Crippen molar-refractivity contribution >= 4 is 23.2 Å². The Kier molecular flexibility index (Phi) is 3.84. The van der Waals surface area contributed by atoms with Crippen molar-refractivity contribution in [3.63, 3.8) is 0 Å². The van der Waals surface area contributed by atoms with Crippen LogP contribution in [-0.2, 0) is 9.59 Å². The zero-order valence-electron chi connectivity index (χ0n) is 14.7. The normalized spacial score (nSPS) is 46.8. The van der Waals surface area contributed by atoms with Crippen molar-refractivity contribution in [1.82, 2.24) is 0 Å². The van der Waals surface area contributed by atoms with Crippen LogP contribution in [0.1, 0.15) is 52.4 Å². The van der Waals surface area contributed by atoms with Crippen molar-refractivity contribution in [2.75, 3.05) is 5.88 Å². The number of fused-ring (bicyclic) bond motifs is 5. The van der Waals surface area contributed by atoms with Crippen LogP contribution >= 0.6 is 11.6 Å². The van der Waals surface area contributed by atoms with E-state index in [1.807, 2.05) is 6.08 Å². The smallest absolute Gasteiger partial charge is 0.156 e. The molecule has 0 saturated heterocycles. The molecule has 0 aromatic carbocycles. The van der Waals surface area contributed by atoms with Crippen molar-refractivity contribution in [2.24, 2.45) is 34.5 Å². The van der Waals surface area contributed by atoms with Gasteiger partial charge in [-0.15, -0.1) is 11.6 Å². The molecule has 0 heterocycles. The van der Waals surface area contributed by atoms with Gasteiger partial charge in [0.2, 0.25) is 0 Å². The molecule has 130 valence electrons. The Hall–Kier alpha value is -0.890. The summed E-state index contributed by atoms with van der Waals surface area (Å²) in [6.07, 6.45) is 12.6. The van der Waals surface area contributed by atoms with E-state index in [0.717, 1.165) is 32.1 Å². The van der Waals surface area contributed by atoms with Crippen LogP contribution in [-0.4, -0.2) is 17.4 Å². The van der Waals surface area contributed by atoms with Crippen LogP contribution in [0.2, 0.25) is 0 Å². The third-order valence-corrected chi connectivity index (χ3v) is 8.30. The molecule has 0 N–H and O–H groups in total. The lowest BCUT2D eigenvalue weighted by Crippen LogP contribution is -2.49. The highest BCUT2D eigenvalue weighted by Crippen LogP contribution is 2.65. The van der Waals surface area contributed by atoms with E-state index in [1.54, 1.807) is 0 Å². The van der Waals surface area contributed by atoms with Crippen LogP contribution < -0.4 is 0 Å². The SMILES string of the molecule is C[C@]12CC[C@H]3[C@@H](C=CC4=CC(=O)CC[C@@]43C)[C@@H]1CC[C@@H]2C(=O)CCl. The Morgan fingerprint density at radius 3 is 2.75 bits per heavy atom. The molecule has 0 bridgehead atoms. The van der Waals surface area contributed by atoms with Crippen LogP contribution in [0.3, 0.4) is 0 Å². The van der Waals surface area contributed by atoms with Crippen molar-refractivity contribution in [1.29, 1.82) is 0 Å². The number of carbonyl (C=O) groups is 2. The van der Waals surface area contributed by atoms with E-state index in [-0.39, 0.29) is 34.2 Å². The van der Waals surface area contributed by atoms with Gasteiger partial charge in [-0.1, -0.05) is 26.0 Å². The lowest BCUT2D eigenvalue weighted by molar-refractivity contribution is -0.126. The standard InChI is InChI=1S/C21H27ClO2/c1-20-9-7-14(23)11-13(20)3-4-15-16-5-6-18(19(24)12-22)21(16,2)10-8-17(15)20/h3-4,11,15-18H,5-10,12H2,1-2H3/t15-,16-,17-,18+,20-,21-/m0/s1. The number of rotatable bonds is 2. The molecule has 2 nitrogen and oxygen atoms in total. The quantitative estimate of drug-likeness (QED) is 0.678. The van der Waals surface area contributed by atoms with Crippen molar-refractivity contribution in [3.8, 4) is 0 Å². The molecule has 4 aliphatic carbocycles. The first-order valence-corrected chi connectivity index (χ1v) is 9.95. The fourth-order valence-electron chi connectivity index (χ4n) is 6.62. The van der Waals surface area contributed by atoms with Gasteiger partial charge < -0.3 is 0 Å². The van der Waals surface area contributed by atoms with Gasteiger partial charge in [-0.05, 0) is 72.3 Å². The first-order chi connectivity index (χ1) is 11.4. The van der Waals surface area contributed by atoms with Crippen LogP contribution in [0.4, 0.5) is 0 Å². The van der Waals surface area contributed by atoms with Gasteiger partial charge in [0.1, 0.15) is 0 Å². The lowest BCUT2D eigenvalue weighted by atomic mass is 9.48. The van der Waals surface area contributed by atoms with E-state index < -0.39 is 0 Å². The molecule has 2 saturated carbocycles. The summed E-state index contributed by atoms with van der Waals surface area (Å²) >= 11 is 5.89. The number of allylic oxidation sites excluding steroid dienone is 4. The predicted molar refractivity (Wildman–Crippen MR) is 95.8 cm³/mol. The molecule has 0 radical (unpaired) electrons. The third-order valence-electron chi connectivity index (χ3n) is 8.04. The summed E-state index contributed by atoms with van der Waals surface area (Å²) < 4.78 is 0. The summed E-state index contributed by atoms with van der Waals surface area (Å²) in [7, 11) is 0. The molecule has 4 aliphatic rings. The largest absolute Gasteiger partial charge is 0.298 e. The Morgan fingerprint density at radius 2 is 2.00 bits per heavy atom. The summed E-state index contributed by atoms with van der Waals surface area (Å²) in [6, 6.07) is 0. The van der Waals surface area contributed by atoms with E-state index in [0.29, 0.717) is 24.2 Å². The number of halogens is 1. The van der Waals surface area contributed by atoms with Gasteiger partial charge in [-0.3, -0.25) is 9.59 Å². The second-order valence-electron chi connectivity index (χ2n) is 8.91. The van der Waals surface area contributed by atoms with Gasteiger partial charge in [0, 0.05) is 12.3 Å². The first kappa shape index (κ1) is 16.6. The Morgan fingerprint density at radius 1 is 1.21 bits per heavy atom. The molecule has 0 aromatic heterocycles. The average molecular weight is 347 g/mol. The van der Waals surface area contributed by atoms with E-state index in [4.69, 9.17) is 11.6 Å². The van der Waals surface area contributed by atoms with Crippen LogP contribution in [0, 0.1) is 34.5 Å². The number of alkyl halides is 1. The predicted octanol–water partition coefficient (Wildman–Crippen LogP) is 4.72. The molecule has 0 unspecified atom stereocenters. The zero-order valence-corrected chi connectivity index (χ0v) is 15.4. The third kappa shape index (κ3) is 2.14. The fraction of sp³-hybridized carbons (Fsp3) is 0.714. The molecule has 0 aromatic rings. The number of hydrogen-bond acceptors (Lipinski definition) is 2. The van der Waals surface area contributed by atoms with E-state index >= 15 is 0 Å². The first-order valence-electron chi connectivity index (χ1n) is 9.42. The molecule has 3 heteroatoms. The monoisotopic (exact) mass is 346 g/mol. The summed E-state index contributed by atoms with van der Waals surface area (Å²) in [5.74, 6) is 2.57. The molecule has 2 fully saturated rings. The Balaban J connectivity index is 1.70. The highest BCUT2D eigenvalue weighted by Gasteiger charge is 2.58. The highest BCUT2D eigenvalue weighted by atomic mass is 35.5. The minimum Gasteiger partial charge on any atom is -0.298 e. The summed E-state index contributed by atoms with van der Waals surface area (Å²) in [5.41, 5.74) is 1.50. The molecule has 6 atom stereocenters. The second-order valence-corrected chi connectivity index (χ2v) is 9.17. The maximum Gasteiger partial charge on any atom is 0.156 e.